The minimum atomic E-state index is -4.79. The van der Waals surface area contributed by atoms with Crippen LogP contribution in [0.2, 0.25) is 0 Å². The van der Waals surface area contributed by atoms with Crippen LogP contribution >= 0.6 is 0 Å². The van der Waals surface area contributed by atoms with Crippen LogP contribution in [0.25, 0.3) is 0 Å². The standard InChI is InChI=1S/C13H15F3N2O2/c14-13(15,16)20-11-6-9(5-10(7-11)12(17)19)8-1-3-18-4-2-8/h5-8,18H,1-4H2,(H2,17,19). The number of alkyl halides is 3. The van der Waals surface area contributed by atoms with E-state index in [4.69, 9.17) is 5.73 Å². The number of carbonyl (C=O) groups is 1. The molecule has 1 fully saturated rings. The van der Waals surface area contributed by atoms with Gasteiger partial charge in [0.15, 0.2) is 0 Å². The van der Waals surface area contributed by atoms with Crippen LogP contribution < -0.4 is 15.8 Å². The first-order chi connectivity index (χ1) is 9.35. The van der Waals surface area contributed by atoms with Crippen molar-refractivity contribution in [3.63, 3.8) is 0 Å². The van der Waals surface area contributed by atoms with Crippen molar-refractivity contribution in [3.8, 4) is 5.75 Å². The molecule has 1 saturated heterocycles. The summed E-state index contributed by atoms with van der Waals surface area (Å²) in [7, 11) is 0. The fourth-order valence-electron chi connectivity index (χ4n) is 2.35. The van der Waals surface area contributed by atoms with Gasteiger partial charge in [0.05, 0.1) is 0 Å². The summed E-state index contributed by atoms with van der Waals surface area (Å²) < 4.78 is 40.8. The van der Waals surface area contributed by atoms with E-state index in [0.29, 0.717) is 5.56 Å². The molecular weight excluding hydrogens is 273 g/mol. The maximum atomic E-state index is 12.3. The van der Waals surface area contributed by atoms with Gasteiger partial charge in [0, 0.05) is 5.56 Å². The van der Waals surface area contributed by atoms with Gasteiger partial charge < -0.3 is 15.8 Å². The Kier molecular flexibility index (Phi) is 4.17. The van der Waals surface area contributed by atoms with Crippen LogP contribution in [-0.4, -0.2) is 25.4 Å². The second kappa shape index (κ2) is 5.70. The van der Waals surface area contributed by atoms with Crippen LogP contribution in [-0.2, 0) is 0 Å². The number of halogens is 3. The lowest BCUT2D eigenvalue weighted by molar-refractivity contribution is -0.274. The third-order valence-corrected chi connectivity index (χ3v) is 3.26. The van der Waals surface area contributed by atoms with Crippen molar-refractivity contribution in [1.29, 1.82) is 0 Å². The van der Waals surface area contributed by atoms with E-state index in [-0.39, 0.29) is 11.5 Å². The minimum absolute atomic E-state index is 0.0280. The fourth-order valence-corrected chi connectivity index (χ4v) is 2.35. The molecule has 1 amide bonds. The number of hydrogen-bond donors (Lipinski definition) is 2. The topological polar surface area (TPSA) is 64.4 Å². The Morgan fingerprint density at radius 3 is 2.45 bits per heavy atom. The summed E-state index contributed by atoms with van der Waals surface area (Å²) in [4.78, 5) is 11.2. The van der Waals surface area contributed by atoms with Gasteiger partial charge in [0.25, 0.3) is 0 Å². The molecule has 0 saturated carbocycles. The summed E-state index contributed by atoms with van der Waals surface area (Å²) >= 11 is 0. The SMILES string of the molecule is NC(=O)c1cc(OC(F)(F)F)cc(C2CCNCC2)c1. The Balaban J connectivity index is 2.32. The van der Waals surface area contributed by atoms with Gasteiger partial charge in [0.2, 0.25) is 5.91 Å². The normalized spacial score (nSPS) is 16.9. The molecule has 1 aliphatic heterocycles. The molecule has 1 heterocycles. The van der Waals surface area contributed by atoms with E-state index in [2.05, 4.69) is 10.1 Å². The lowest BCUT2D eigenvalue weighted by Gasteiger charge is -2.24. The molecule has 7 heteroatoms. The van der Waals surface area contributed by atoms with Gasteiger partial charge in [-0.05, 0) is 55.6 Å². The molecular formula is C13H15F3N2O2. The Bertz CT molecular complexity index is 497. The molecule has 0 bridgehead atoms. The van der Waals surface area contributed by atoms with Crippen molar-refractivity contribution in [1.82, 2.24) is 5.32 Å². The van der Waals surface area contributed by atoms with Crippen molar-refractivity contribution in [2.45, 2.75) is 25.1 Å². The highest BCUT2D eigenvalue weighted by molar-refractivity contribution is 5.93. The lowest BCUT2D eigenvalue weighted by Crippen LogP contribution is -2.27. The number of nitrogens with one attached hydrogen (secondary N) is 1. The van der Waals surface area contributed by atoms with Crippen LogP contribution in [0.3, 0.4) is 0 Å². The van der Waals surface area contributed by atoms with Crippen molar-refractivity contribution < 1.29 is 22.7 Å². The van der Waals surface area contributed by atoms with Crippen LogP contribution in [0, 0.1) is 0 Å². The summed E-state index contributed by atoms with van der Waals surface area (Å²) in [6, 6.07) is 3.89. The van der Waals surface area contributed by atoms with E-state index in [1.807, 2.05) is 0 Å². The molecule has 0 aromatic heterocycles. The zero-order chi connectivity index (χ0) is 14.8. The third kappa shape index (κ3) is 3.86. The molecule has 0 spiro atoms. The average molecular weight is 288 g/mol. The van der Waals surface area contributed by atoms with E-state index in [0.717, 1.165) is 32.0 Å². The number of amides is 1. The van der Waals surface area contributed by atoms with Crippen LogP contribution in [0.5, 0.6) is 5.75 Å². The highest BCUT2D eigenvalue weighted by Crippen LogP contribution is 2.31. The van der Waals surface area contributed by atoms with Gasteiger partial charge in [-0.15, -0.1) is 13.2 Å². The molecule has 20 heavy (non-hydrogen) atoms. The lowest BCUT2D eigenvalue weighted by atomic mass is 9.89. The van der Waals surface area contributed by atoms with Crippen LogP contribution in [0.4, 0.5) is 13.2 Å². The van der Waals surface area contributed by atoms with Crippen LogP contribution in [0.1, 0.15) is 34.7 Å². The van der Waals surface area contributed by atoms with Gasteiger partial charge in [-0.3, -0.25) is 4.79 Å². The number of primary amides is 1. The molecule has 0 aliphatic carbocycles. The number of nitrogens with two attached hydrogens (primary N) is 1. The maximum Gasteiger partial charge on any atom is 0.573 e. The predicted octanol–water partition coefficient (Wildman–Crippen LogP) is 2.15. The van der Waals surface area contributed by atoms with Crippen molar-refractivity contribution in [3.05, 3.63) is 29.3 Å². The third-order valence-electron chi connectivity index (χ3n) is 3.26. The summed E-state index contributed by atoms with van der Waals surface area (Å²) in [5, 5.41) is 3.17. The van der Waals surface area contributed by atoms with E-state index in [1.165, 1.54) is 6.07 Å². The average Bonchev–Trinajstić information content (AvgIpc) is 2.37. The van der Waals surface area contributed by atoms with Crippen molar-refractivity contribution in [2.75, 3.05) is 13.1 Å². The Morgan fingerprint density at radius 2 is 1.90 bits per heavy atom. The molecule has 3 N–H and O–H groups in total. The van der Waals surface area contributed by atoms with Crippen molar-refractivity contribution in [2.24, 2.45) is 5.73 Å². The summed E-state index contributed by atoms with van der Waals surface area (Å²) in [5.41, 5.74) is 5.84. The number of piperidine rings is 1. The Labute approximate surface area is 114 Å². The first-order valence-corrected chi connectivity index (χ1v) is 6.26. The first kappa shape index (κ1) is 14.6. The number of carbonyl (C=O) groups excluding carboxylic acids is 1. The highest BCUT2D eigenvalue weighted by Gasteiger charge is 2.31. The maximum absolute atomic E-state index is 12.3. The zero-order valence-electron chi connectivity index (χ0n) is 10.7. The fraction of sp³-hybridized carbons (Fsp3) is 0.462. The molecule has 1 aromatic carbocycles. The molecule has 110 valence electrons. The Morgan fingerprint density at radius 1 is 1.25 bits per heavy atom. The predicted molar refractivity (Wildman–Crippen MR) is 66.5 cm³/mol. The summed E-state index contributed by atoms with van der Waals surface area (Å²) in [5.74, 6) is -1.07. The van der Waals surface area contributed by atoms with E-state index in [9.17, 15) is 18.0 Å². The second-order valence-electron chi connectivity index (χ2n) is 4.73. The molecule has 4 nitrogen and oxygen atoms in total. The van der Waals surface area contributed by atoms with Gasteiger partial charge in [-0.2, -0.15) is 0 Å². The van der Waals surface area contributed by atoms with E-state index >= 15 is 0 Å². The monoisotopic (exact) mass is 288 g/mol. The Hall–Kier alpha value is -1.76. The van der Waals surface area contributed by atoms with Crippen LogP contribution in [0.15, 0.2) is 18.2 Å². The number of benzene rings is 1. The molecule has 2 rings (SSSR count). The summed E-state index contributed by atoms with van der Waals surface area (Å²) in [6.45, 7) is 1.59. The quantitative estimate of drug-likeness (QED) is 0.895. The van der Waals surface area contributed by atoms with Crippen molar-refractivity contribution >= 4 is 5.91 Å². The van der Waals surface area contributed by atoms with Gasteiger partial charge in [0.1, 0.15) is 5.75 Å². The second-order valence-corrected chi connectivity index (χ2v) is 4.73. The minimum Gasteiger partial charge on any atom is -0.406 e. The molecule has 1 aliphatic rings. The van der Waals surface area contributed by atoms with Gasteiger partial charge in [-0.25, -0.2) is 0 Å². The molecule has 0 radical (unpaired) electrons. The van der Waals surface area contributed by atoms with Gasteiger partial charge in [-0.1, -0.05) is 0 Å². The number of rotatable bonds is 3. The largest absolute Gasteiger partial charge is 0.573 e. The molecule has 0 atom stereocenters. The van der Waals surface area contributed by atoms with E-state index < -0.39 is 18.0 Å². The first-order valence-electron chi connectivity index (χ1n) is 6.26. The molecule has 0 unspecified atom stereocenters. The smallest absolute Gasteiger partial charge is 0.406 e. The van der Waals surface area contributed by atoms with E-state index in [1.54, 1.807) is 6.07 Å². The van der Waals surface area contributed by atoms with Gasteiger partial charge >= 0.3 is 6.36 Å². The summed E-state index contributed by atoms with van der Waals surface area (Å²) in [6.07, 6.45) is -3.19. The number of hydrogen-bond acceptors (Lipinski definition) is 3. The number of ether oxygens (including phenoxy) is 1. The highest BCUT2D eigenvalue weighted by atomic mass is 19.4. The zero-order valence-corrected chi connectivity index (χ0v) is 10.7. The molecule has 1 aromatic rings.